The lowest BCUT2D eigenvalue weighted by atomic mass is 9.81. The van der Waals surface area contributed by atoms with Gasteiger partial charge in [0, 0.05) is 0 Å². The van der Waals surface area contributed by atoms with E-state index in [1.165, 1.54) is 6.07 Å². The van der Waals surface area contributed by atoms with Crippen LogP contribution in [0.2, 0.25) is 0 Å². The average molecular weight is 123 g/mol. The van der Waals surface area contributed by atoms with Crippen molar-refractivity contribution in [2.24, 2.45) is 0 Å². The maximum atomic E-state index is 8.62. The summed E-state index contributed by atoms with van der Waals surface area (Å²) in [5, 5.41) is 17.2. The molecule has 1 aromatic carbocycles. The van der Waals surface area contributed by atoms with Gasteiger partial charge < -0.3 is 10.0 Å². The summed E-state index contributed by atoms with van der Waals surface area (Å²) in [6.07, 6.45) is 0. The highest BCUT2D eigenvalue weighted by atomic mass is 16.4. The lowest BCUT2D eigenvalue weighted by Gasteiger charge is -1.94. The van der Waals surface area contributed by atoms with Gasteiger partial charge in [-0.15, -0.1) is 0 Å². The Morgan fingerprint density at radius 3 is 2.56 bits per heavy atom. The monoisotopic (exact) mass is 123 g/mol. The molecule has 0 fully saturated rings. The maximum Gasteiger partial charge on any atom is 0.488 e. The van der Waals surface area contributed by atoms with Gasteiger partial charge in [0.25, 0.3) is 0 Å². The van der Waals surface area contributed by atoms with Crippen molar-refractivity contribution in [2.45, 2.75) is 0 Å². The van der Waals surface area contributed by atoms with E-state index in [1.54, 1.807) is 18.2 Å². The first-order valence-corrected chi connectivity index (χ1v) is 2.63. The van der Waals surface area contributed by atoms with E-state index < -0.39 is 7.12 Å². The molecule has 2 N–H and O–H groups in total. The molecule has 0 spiro atoms. The lowest BCUT2D eigenvalue weighted by Crippen LogP contribution is -2.29. The van der Waals surface area contributed by atoms with Gasteiger partial charge in [-0.1, -0.05) is 30.3 Å². The molecular weight excluding hydrogens is 115 g/mol. The Hall–Kier alpha value is -0.795. The summed E-state index contributed by atoms with van der Waals surface area (Å²) in [5.41, 5.74) is 0.354. The molecule has 0 heterocycles. The highest BCUT2D eigenvalue weighted by Crippen LogP contribution is 1.82. The van der Waals surface area contributed by atoms with E-state index in [4.69, 9.17) is 11.4 Å². The predicted octanol–water partition coefficient (Wildman–Crippen LogP) is -0.634. The van der Waals surface area contributed by atoms with Gasteiger partial charge in [-0.2, -0.15) is 0 Å². The van der Waals surface area contributed by atoms with Crippen LogP contribution in [0.25, 0.3) is 0 Å². The lowest BCUT2D eigenvalue weighted by molar-refractivity contribution is 0.426. The molecule has 0 bridgehead atoms. The van der Waals surface area contributed by atoms with Crippen molar-refractivity contribution in [2.75, 3.05) is 0 Å². The van der Waals surface area contributed by atoms with E-state index >= 15 is 0 Å². The van der Waals surface area contributed by atoms with Gasteiger partial charge in [-0.3, -0.25) is 0 Å². The fraction of sp³-hybridized carbons (Fsp3) is 0. The van der Waals surface area contributed by atoms with Crippen LogP contribution in [0.3, 0.4) is 0 Å². The van der Waals surface area contributed by atoms with Gasteiger partial charge in [0.1, 0.15) is 0 Å². The summed E-state index contributed by atoms with van der Waals surface area (Å²) in [6.45, 7) is 0. The molecule has 3 heteroatoms. The van der Waals surface area contributed by atoms with Crippen LogP contribution in [0.4, 0.5) is 0 Å². The Morgan fingerprint density at radius 2 is 2.11 bits per heavy atom. The van der Waals surface area contributed by atoms with Crippen LogP contribution in [-0.4, -0.2) is 17.2 Å². The van der Waals surface area contributed by atoms with E-state index in [-0.39, 0.29) is 6.04 Å². The van der Waals surface area contributed by atoms with Gasteiger partial charge in [0.05, 0.1) is 1.37 Å². The molecule has 0 atom stereocenters. The topological polar surface area (TPSA) is 40.5 Å². The minimum Gasteiger partial charge on any atom is -0.423 e. The van der Waals surface area contributed by atoms with Gasteiger partial charge in [0.2, 0.25) is 0 Å². The molecule has 46 valence electrons. The van der Waals surface area contributed by atoms with Crippen LogP contribution in [0.1, 0.15) is 1.37 Å². The SMILES string of the molecule is [2H]c1cccc(B(O)O)c1. The zero-order valence-corrected chi connectivity index (χ0v) is 4.78. The molecule has 0 aliphatic heterocycles. The molecule has 0 aromatic heterocycles. The third-order valence-electron chi connectivity index (χ3n) is 1.03. The van der Waals surface area contributed by atoms with Crippen molar-refractivity contribution in [1.29, 1.82) is 0 Å². The Bertz CT molecular complexity index is 227. The van der Waals surface area contributed by atoms with Gasteiger partial charge in [0.15, 0.2) is 0 Å². The number of hydrogen-bond donors (Lipinski definition) is 2. The summed E-state index contributed by atoms with van der Waals surface area (Å²) < 4.78 is 7.11. The second kappa shape index (κ2) is 2.66. The second-order valence-electron chi connectivity index (χ2n) is 1.71. The zero-order chi connectivity index (χ0) is 7.56. The molecule has 0 saturated heterocycles. The Balaban J connectivity index is 2.96. The number of benzene rings is 1. The van der Waals surface area contributed by atoms with Crippen LogP contribution in [0.5, 0.6) is 0 Å². The van der Waals surface area contributed by atoms with Gasteiger partial charge in [-0.05, 0) is 5.46 Å². The first-order chi connectivity index (χ1) is 4.70. The number of rotatable bonds is 1. The van der Waals surface area contributed by atoms with E-state index in [2.05, 4.69) is 0 Å². The van der Waals surface area contributed by atoms with Crippen molar-refractivity contribution in [1.82, 2.24) is 0 Å². The molecule has 0 aliphatic carbocycles. The molecule has 0 aliphatic rings. The van der Waals surface area contributed by atoms with Crippen LogP contribution in [0.15, 0.2) is 30.3 Å². The molecule has 0 unspecified atom stereocenters. The van der Waals surface area contributed by atoms with Crippen LogP contribution < -0.4 is 5.46 Å². The van der Waals surface area contributed by atoms with Gasteiger partial charge >= 0.3 is 7.12 Å². The Morgan fingerprint density at radius 1 is 1.33 bits per heavy atom. The van der Waals surface area contributed by atoms with Crippen LogP contribution >= 0.6 is 0 Å². The van der Waals surface area contributed by atoms with Crippen molar-refractivity contribution in [3.05, 3.63) is 30.3 Å². The standard InChI is InChI=1S/C6H7BO2/c8-7(9)6-4-2-1-3-5-6/h1-5,8-9H/i2D. The molecule has 0 amide bonds. The fourth-order valence-electron chi connectivity index (χ4n) is 0.568. The second-order valence-corrected chi connectivity index (χ2v) is 1.71. The molecule has 0 radical (unpaired) electrons. The predicted molar refractivity (Wildman–Crippen MR) is 36.3 cm³/mol. The maximum absolute atomic E-state index is 8.62. The van der Waals surface area contributed by atoms with E-state index in [0.717, 1.165) is 0 Å². The van der Waals surface area contributed by atoms with Gasteiger partial charge in [-0.25, -0.2) is 0 Å². The smallest absolute Gasteiger partial charge is 0.423 e. The van der Waals surface area contributed by atoms with Crippen molar-refractivity contribution in [3.63, 3.8) is 0 Å². The fourth-order valence-corrected chi connectivity index (χ4v) is 0.568. The summed E-state index contributed by atoms with van der Waals surface area (Å²) in [4.78, 5) is 0. The summed E-state index contributed by atoms with van der Waals surface area (Å²) >= 11 is 0. The van der Waals surface area contributed by atoms with Crippen molar-refractivity contribution < 1.29 is 11.4 Å². The Labute approximate surface area is 55.3 Å². The zero-order valence-electron chi connectivity index (χ0n) is 5.78. The molecule has 0 saturated carbocycles. The first kappa shape index (κ1) is 5.03. The largest absolute Gasteiger partial charge is 0.488 e. The highest BCUT2D eigenvalue weighted by molar-refractivity contribution is 6.58. The van der Waals surface area contributed by atoms with Crippen molar-refractivity contribution in [3.8, 4) is 0 Å². The normalized spacial score (nSPS) is 10.7. The quantitative estimate of drug-likeness (QED) is 0.488. The van der Waals surface area contributed by atoms with E-state index in [0.29, 0.717) is 5.46 Å². The number of hydrogen-bond acceptors (Lipinski definition) is 2. The first-order valence-electron chi connectivity index (χ1n) is 3.13. The molecule has 2 nitrogen and oxygen atoms in total. The molecule has 9 heavy (non-hydrogen) atoms. The minimum absolute atomic E-state index is 0.283. The van der Waals surface area contributed by atoms with E-state index in [1.807, 2.05) is 0 Å². The summed E-state index contributed by atoms with van der Waals surface area (Å²) in [6, 6.07) is 6.43. The minimum atomic E-state index is -1.47. The summed E-state index contributed by atoms with van der Waals surface area (Å²) in [7, 11) is -1.47. The third-order valence-corrected chi connectivity index (χ3v) is 1.03. The van der Waals surface area contributed by atoms with E-state index in [9.17, 15) is 0 Å². The molecular formula is C6H7BO2. The molecule has 1 aromatic rings. The summed E-state index contributed by atoms with van der Waals surface area (Å²) in [5.74, 6) is 0. The third kappa shape index (κ3) is 1.55. The van der Waals surface area contributed by atoms with Crippen LogP contribution in [-0.2, 0) is 0 Å². The van der Waals surface area contributed by atoms with Crippen LogP contribution in [0, 0.1) is 0 Å². The Kier molecular flexibility index (Phi) is 1.49. The average Bonchev–Trinajstić information content (AvgIpc) is 1.88. The highest BCUT2D eigenvalue weighted by Gasteiger charge is 2.07. The van der Waals surface area contributed by atoms with Crippen molar-refractivity contribution >= 4 is 12.6 Å². The molecule has 1 rings (SSSR count).